The predicted molar refractivity (Wildman–Crippen MR) is 156 cm³/mol. The maximum Gasteiger partial charge on any atom is 0.418 e. The number of pyridine rings is 1. The molecule has 2 aromatic carbocycles. The van der Waals surface area contributed by atoms with E-state index in [1.807, 2.05) is 12.1 Å². The fourth-order valence-corrected chi connectivity index (χ4v) is 4.83. The molecule has 0 aliphatic heterocycles. The van der Waals surface area contributed by atoms with Crippen molar-refractivity contribution in [2.24, 2.45) is 0 Å². The second kappa shape index (κ2) is 13.7. The number of nitrogens with zero attached hydrogens (tertiary/aromatic N) is 4. The zero-order valence-electron chi connectivity index (χ0n) is 23.6. The van der Waals surface area contributed by atoms with Gasteiger partial charge in [-0.25, -0.2) is 9.97 Å². The largest absolute Gasteiger partial charge is 0.418 e. The molecule has 0 spiro atoms. The molecule has 5 nitrogen and oxygen atoms in total. The molecule has 0 atom stereocenters. The molecular formula is C32H38F3N5. The molecule has 2 heterocycles. The molecule has 0 saturated heterocycles. The Morgan fingerprint density at radius 3 is 2.35 bits per heavy atom. The lowest BCUT2D eigenvalue weighted by Crippen LogP contribution is -2.27. The van der Waals surface area contributed by atoms with Crippen LogP contribution in [-0.2, 0) is 19.1 Å². The molecule has 8 heteroatoms. The van der Waals surface area contributed by atoms with Gasteiger partial charge in [-0.1, -0.05) is 57.0 Å². The summed E-state index contributed by atoms with van der Waals surface area (Å²) in [5.41, 5.74) is 2.62. The fraction of sp³-hybridized carbons (Fsp3) is 0.406. The van der Waals surface area contributed by atoms with Crippen molar-refractivity contribution < 1.29 is 13.2 Å². The van der Waals surface area contributed by atoms with Gasteiger partial charge in [0.1, 0.15) is 11.6 Å². The lowest BCUT2D eigenvalue weighted by Gasteiger charge is -2.22. The SMILES string of the molecule is CCCCN(CCCC)Cc1nc(NCCc2ccccc2C)c2ccc(-c3ncccc3C(F)(F)F)cc2n1. The number of anilines is 1. The van der Waals surface area contributed by atoms with E-state index in [0.717, 1.165) is 56.6 Å². The summed E-state index contributed by atoms with van der Waals surface area (Å²) in [5, 5.41) is 4.27. The van der Waals surface area contributed by atoms with Crippen LogP contribution in [-0.4, -0.2) is 39.5 Å². The minimum Gasteiger partial charge on any atom is -0.369 e. The second-order valence-electron chi connectivity index (χ2n) is 10.2. The highest BCUT2D eigenvalue weighted by Gasteiger charge is 2.34. The summed E-state index contributed by atoms with van der Waals surface area (Å²) in [7, 11) is 0. The van der Waals surface area contributed by atoms with Gasteiger partial charge in [0.2, 0.25) is 0 Å². The first-order valence-electron chi connectivity index (χ1n) is 14.1. The van der Waals surface area contributed by atoms with Gasteiger partial charge >= 0.3 is 6.18 Å². The number of nitrogens with one attached hydrogen (secondary N) is 1. The first-order chi connectivity index (χ1) is 19.3. The number of benzene rings is 2. The molecule has 212 valence electrons. The monoisotopic (exact) mass is 549 g/mol. The normalized spacial score (nSPS) is 11.9. The van der Waals surface area contributed by atoms with Gasteiger partial charge in [-0.15, -0.1) is 0 Å². The maximum atomic E-state index is 13.7. The third kappa shape index (κ3) is 7.56. The Hall–Kier alpha value is -3.52. The van der Waals surface area contributed by atoms with Crippen molar-refractivity contribution in [3.8, 4) is 11.3 Å². The first-order valence-corrected chi connectivity index (χ1v) is 14.1. The van der Waals surface area contributed by atoms with Gasteiger partial charge in [-0.2, -0.15) is 13.2 Å². The number of alkyl halides is 3. The Morgan fingerprint density at radius 1 is 0.900 bits per heavy atom. The van der Waals surface area contributed by atoms with Crippen LogP contribution in [0, 0.1) is 6.92 Å². The smallest absolute Gasteiger partial charge is 0.369 e. The number of rotatable bonds is 13. The van der Waals surface area contributed by atoms with Crippen LogP contribution in [0.15, 0.2) is 60.8 Å². The van der Waals surface area contributed by atoms with Crippen molar-refractivity contribution >= 4 is 16.7 Å². The van der Waals surface area contributed by atoms with Crippen molar-refractivity contribution in [1.82, 2.24) is 19.9 Å². The molecule has 4 rings (SSSR count). The first kappa shape index (κ1) is 29.5. The minimum atomic E-state index is -4.50. The second-order valence-corrected chi connectivity index (χ2v) is 10.2. The predicted octanol–water partition coefficient (Wildman–Crippen LogP) is 8.08. The van der Waals surface area contributed by atoms with E-state index in [0.29, 0.717) is 35.8 Å². The van der Waals surface area contributed by atoms with Crippen LogP contribution < -0.4 is 5.32 Å². The summed E-state index contributed by atoms with van der Waals surface area (Å²) in [5.74, 6) is 1.36. The Balaban J connectivity index is 1.71. The molecule has 40 heavy (non-hydrogen) atoms. The van der Waals surface area contributed by atoms with Crippen LogP contribution >= 0.6 is 0 Å². The van der Waals surface area contributed by atoms with E-state index in [4.69, 9.17) is 9.97 Å². The summed E-state index contributed by atoms with van der Waals surface area (Å²) in [6.07, 6.45) is 2.08. The quantitative estimate of drug-likeness (QED) is 0.183. The molecule has 4 aromatic rings. The van der Waals surface area contributed by atoms with Crippen LogP contribution in [0.2, 0.25) is 0 Å². The summed E-state index contributed by atoms with van der Waals surface area (Å²) in [6.45, 7) is 9.62. The van der Waals surface area contributed by atoms with Crippen LogP contribution in [0.3, 0.4) is 0 Å². The van der Waals surface area contributed by atoms with E-state index < -0.39 is 11.7 Å². The van der Waals surface area contributed by atoms with Crippen molar-refractivity contribution in [2.45, 2.75) is 65.6 Å². The topological polar surface area (TPSA) is 53.9 Å². The molecule has 0 aliphatic carbocycles. The average molecular weight is 550 g/mol. The number of halogens is 3. The summed E-state index contributed by atoms with van der Waals surface area (Å²) < 4.78 is 41.2. The van der Waals surface area contributed by atoms with Gasteiger partial charge in [0.25, 0.3) is 0 Å². The summed E-state index contributed by atoms with van der Waals surface area (Å²) in [6, 6.07) is 15.8. The van der Waals surface area contributed by atoms with E-state index in [1.165, 1.54) is 23.4 Å². The summed E-state index contributed by atoms with van der Waals surface area (Å²) in [4.78, 5) is 16.2. The highest BCUT2D eigenvalue weighted by Crippen LogP contribution is 2.36. The molecular weight excluding hydrogens is 511 g/mol. The molecule has 1 N–H and O–H groups in total. The van der Waals surface area contributed by atoms with Crippen molar-refractivity contribution in [3.05, 3.63) is 83.3 Å². The highest BCUT2D eigenvalue weighted by molar-refractivity contribution is 5.92. The Labute approximate surface area is 234 Å². The van der Waals surface area contributed by atoms with Gasteiger partial charge in [0.15, 0.2) is 0 Å². The Morgan fingerprint density at radius 2 is 1.65 bits per heavy atom. The number of aromatic nitrogens is 3. The highest BCUT2D eigenvalue weighted by atomic mass is 19.4. The van der Waals surface area contributed by atoms with Gasteiger partial charge < -0.3 is 5.32 Å². The number of hydrogen-bond donors (Lipinski definition) is 1. The standard InChI is InChI=1S/C32H38F3N5/c1-4-6-19-40(20-7-5-2)22-29-38-28-21-25(30-27(32(33,34)35)13-10-17-36-30)14-15-26(28)31(39-29)37-18-16-24-12-9-8-11-23(24)3/h8-15,17,21H,4-7,16,18-20,22H2,1-3H3,(H,37,38,39). The Bertz CT molecular complexity index is 1400. The molecule has 0 saturated carbocycles. The molecule has 0 unspecified atom stereocenters. The number of aryl methyl sites for hydroxylation is 1. The van der Waals surface area contributed by atoms with Crippen LogP contribution in [0.25, 0.3) is 22.2 Å². The number of fused-ring (bicyclic) bond motifs is 1. The zero-order chi connectivity index (χ0) is 28.5. The van der Waals surface area contributed by atoms with Crippen LogP contribution in [0.5, 0.6) is 0 Å². The van der Waals surface area contributed by atoms with E-state index in [-0.39, 0.29) is 5.69 Å². The van der Waals surface area contributed by atoms with Gasteiger partial charge in [0, 0.05) is 23.7 Å². The van der Waals surface area contributed by atoms with Crippen molar-refractivity contribution in [1.29, 1.82) is 0 Å². The number of unbranched alkanes of at least 4 members (excludes halogenated alkanes) is 2. The molecule has 2 aromatic heterocycles. The summed E-state index contributed by atoms with van der Waals surface area (Å²) >= 11 is 0. The van der Waals surface area contributed by atoms with Gasteiger partial charge in [-0.3, -0.25) is 9.88 Å². The van der Waals surface area contributed by atoms with Crippen LogP contribution in [0.4, 0.5) is 19.0 Å². The lowest BCUT2D eigenvalue weighted by molar-refractivity contribution is -0.137. The van der Waals surface area contributed by atoms with Crippen LogP contribution in [0.1, 0.15) is 62.0 Å². The van der Waals surface area contributed by atoms with E-state index >= 15 is 0 Å². The molecule has 0 aliphatic rings. The lowest BCUT2D eigenvalue weighted by atomic mass is 10.0. The molecule has 0 fully saturated rings. The molecule has 0 radical (unpaired) electrons. The maximum absolute atomic E-state index is 13.7. The third-order valence-corrected chi connectivity index (χ3v) is 7.10. The molecule has 0 bridgehead atoms. The zero-order valence-corrected chi connectivity index (χ0v) is 23.6. The van der Waals surface area contributed by atoms with Gasteiger partial charge in [0.05, 0.1) is 23.3 Å². The Kier molecular flexibility index (Phi) is 10.1. The fourth-order valence-electron chi connectivity index (χ4n) is 4.83. The third-order valence-electron chi connectivity index (χ3n) is 7.10. The number of hydrogen-bond acceptors (Lipinski definition) is 5. The van der Waals surface area contributed by atoms with E-state index in [2.05, 4.69) is 48.1 Å². The van der Waals surface area contributed by atoms with Crippen molar-refractivity contribution in [2.75, 3.05) is 25.0 Å². The molecule has 0 amide bonds. The van der Waals surface area contributed by atoms with E-state index in [9.17, 15) is 13.2 Å². The minimum absolute atomic E-state index is 0.0985. The van der Waals surface area contributed by atoms with Gasteiger partial charge in [-0.05, 0) is 74.7 Å². The average Bonchev–Trinajstić information content (AvgIpc) is 2.94. The van der Waals surface area contributed by atoms with Crippen molar-refractivity contribution in [3.63, 3.8) is 0 Å². The van der Waals surface area contributed by atoms with E-state index in [1.54, 1.807) is 18.2 Å².